The Balaban J connectivity index is 1.76. The molecular formula is C23H21N3O3. The number of non-ortho nitro benzene ring substituents is 1. The van der Waals surface area contributed by atoms with Crippen molar-refractivity contribution in [2.75, 3.05) is 11.9 Å². The van der Waals surface area contributed by atoms with E-state index in [1.54, 1.807) is 6.07 Å². The highest BCUT2D eigenvalue weighted by Gasteiger charge is 2.17. The lowest BCUT2D eigenvalue weighted by Gasteiger charge is -2.09. The van der Waals surface area contributed by atoms with Gasteiger partial charge in [-0.05, 0) is 35.7 Å². The number of rotatable bonds is 7. The van der Waals surface area contributed by atoms with E-state index in [9.17, 15) is 10.1 Å². The number of aromatic nitrogens is 1. The van der Waals surface area contributed by atoms with Gasteiger partial charge in [0.15, 0.2) is 5.58 Å². The molecule has 1 aromatic heterocycles. The van der Waals surface area contributed by atoms with Gasteiger partial charge in [-0.25, -0.2) is 4.98 Å². The van der Waals surface area contributed by atoms with Gasteiger partial charge in [0, 0.05) is 24.4 Å². The Bertz CT molecular complexity index is 1150. The molecule has 29 heavy (non-hydrogen) atoms. The molecule has 1 heterocycles. The third-order valence-corrected chi connectivity index (χ3v) is 4.78. The van der Waals surface area contributed by atoms with Crippen molar-refractivity contribution in [2.45, 2.75) is 19.8 Å². The van der Waals surface area contributed by atoms with Crippen molar-refractivity contribution in [1.82, 2.24) is 4.98 Å². The first-order chi connectivity index (χ1) is 14.2. The maximum absolute atomic E-state index is 11.3. The fourth-order valence-electron chi connectivity index (χ4n) is 3.23. The minimum atomic E-state index is -0.407. The lowest BCUT2D eigenvalue weighted by atomic mass is 10.1. The van der Waals surface area contributed by atoms with Crippen molar-refractivity contribution in [1.29, 1.82) is 0 Å². The molecule has 6 heteroatoms. The van der Waals surface area contributed by atoms with Crippen LogP contribution in [0.5, 0.6) is 0 Å². The van der Waals surface area contributed by atoms with Crippen molar-refractivity contribution in [3.05, 3.63) is 76.8 Å². The smallest absolute Gasteiger partial charge is 0.270 e. The van der Waals surface area contributed by atoms with E-state index < -0.39 is 4.92 Å². The molecule has 4 aromatic rings. The summed E-state index contributed by atoms with van der Waals surface area (Å²) in [5.41, 5.74) is 4.87. The van der Waals surface area contributed by atoms with Gasteiger partial charge in [-0.1, -0.05) is 49.7 Å². The van der Waals surface area contributed by atoms with Crippen LogP contribution in [0.2, 0.25) is 0 Å². The van der Waals surface area contributed by atoms with Gasteiger partial charge < -0.3 is 9.73 Å². The highest BCUT2D eigenvalue weighted by atomic mass is 16.6. The molecule has 4 rings (SSSR count). The van der Waals surface area contributed by atoms with Crippen LogP contribution in [-0.4, -0.2) is 16.5 Å². The van der Waals surface area contributed by atoms with E-state index >= 15 is 0 Å². The lowest BCUT2D eigenvalue weighted by molar-refractivity contribution is -0.384. The van der Waals surface area contributed by atoms with Crippen LogP contribution in [0, 0.1) is 10.1 Å². The fourth-order valence-corrected chi connectivity index (χ4v) is 3.23. The van der Waals surface area contributed by atoms with Crippen molar-refractivity contribution in [3.8, 4) is 22.6 Å². The number of fused-ring (bicyclic) bond motifs is 1. The Hall–Kier alpha value is -3.67. The van der Waals surface area contributed by atoms with Gasteiger partial charge in [-0.2, -0.15) is 0 Å². The summed E-state index contributed by atoms with van der Waals surface area (Å²) in [6.45, 7) is 2.89. The van der Waals surface area contributed by atoms with Gasteiger partial charge in [0.2, 0.25) is 5.89 Å². The normalized spacial score (nSPS) is 10.9. The van der Waals surface area contributed by atoms with E-state index in [2.05, 4.69) is 17.2 Å². The monoisotopic (exact) mass is 387 g/mol. The molecule has 0 aliphatic rings. The highest BCUT2D eigenvalue weighted by Crippen LogP contribution is 2.34. The molecule has 0 saturated carbocycles. The second kappa shape index (κ2) is 8.14. The first-order valence-corrected chi connectivity index (χ1v) is 9.64. The summed E-state index contributed by atoms with van der Waals surface area (Å²) < 4.78 is 5.95. The number of oxazole rings is 1. The zero-order valence-electron chi connectivity index (χ0n) is 16.1. The Labute approximate surface area is 168 Å². The van der Waals surface area contributed by atoms with E-state index in [-0.39, 0.29) is 5.69 Å². The Morgan fingerprint density at radius 3 is 2.62 bits per heavy atom. The van der Waals surface area contributed by atoms with Crippen molar-refractivity contribution >= 4 is 22.5 Å². The van der Waals surface area contributed by atoms with Crippen molar-refractivity contribution in [3.63, 3.8) is 0 Å². The molecule has 146 valence electrons. The number of hydrogen-bond acceptors (Lipinski definition) is 5. The molecule has 0 aliphatic carbocycles. The molecule has 6 nitrogen and oxygen atoms in total. The molecule has 0 spiro atoms. The number of nitrogens with one attached hydrogen (secondary N) is 1. The molecule has 0 fully saturated rings. The van der Waals surface area contributed by atoms with Gasteiger partial charge in [0.1, 0.15) is 5.52 Å². The Morgan fingerprint density at radius 2 is 1.86 bits per heavy atom. The van der Waals surface area contributed by atoms with Crippen molar-refractivity contribution in [2.24, 2.45) is 0 Å². The minimum absolute atomic E-state index is 0.00766. The molecule has 1 N–H and O–H groups in total. The summed E-state index contributed by atoms with van der Waals surface area (Å²) in [6, 6.07) is 20.6. The number of unbranched alkanes of at least 4 members (excludes halogenated alkanes) is 1. The second-order valence-electron chi connectivity index (χ2n) is 6.83. The fraction of sp³-hybridized carbons (Fsp3) is 0.174. The second-order valence-corrected chi connectivity index (χ2v) is 6.83. The third-order valence-electron chi connectivity index (χ3n) is 4.78. The lowest BCUT2D eigenvalue weighted by Crippen LogP contribution is -2.03. The summed E-state index contributed by atoms with van der Waals surface area (Å²) in [5.74, 6) is 0.368. The summed E-state index contributed by atoms with van der Waals surface area (Å²) in [7, 11) is 0. The summed E-state index contributed by atoms with van der Waals surface area (Å²) in [4.78, 5) is 15.5. The predicted octanol–water partition coefficient (Wildman–Crippen LogP) is 6.28. The van der Waals surface area contributed by atoms with Gasteiger partial charge in [-0.3, -0.25) is 10.1 Å². The number of anilines is 1. The number of nitro benzene ring substituents is 1. The minimum Gasteiger partial charge on any atom is -0.436 e. The van der Waals surface area contributed by atoms with E-state index in [0.717, 1.165) is 36.2 Å². The van der Waals surface area contributed by atoms with Gasteiger partial charge in [-0.15, -0.1) is 0 Å². The molecule has 0 amide bonds. The van der Waals surface area contributed by atoms with E-state index in [4.69, 9.17) is 4.42 Å². The largest absolute Gasteiger partial charge is 0.436 e. The van der Waals surface area contributed by atoms with Crippen LogP contribution in [0.1, 0.15) is 19.8 Å². The zero-order chi connectivity index (χ0) is 20.2. The summed E-state index contributed by atoms with van der Waals surface area (Å²) in [6.07, 6.45) is 2.06. The van der Waals surface area contributed by atoms with Crippen LogP contribution in [-0.2, 0) is 0 Å². The van der Waals surface area contributed by atoms with E-state index in [0.29, 0.717) is 22.6 Å². The number of nitrogens with zero attached hydrogens (tertiary/aromatic N) is 2. The van der Waals surface area contributed by atoms with Crippen LogP contribution in [0.3, 0.4) is 0 Å². The quantitative estimate of drug-likeness (QED) is 0.229. The van der Waals surface area contributed by atoms with E-state index in [1.165, 1.54) is 12.1 Å². The average Bonchev–Trinajstić information content (AvgIpc) is 3.18. The predicted molar refractivity (Wildman–Crippen MR) is 115 cm³/mol. The zero-order valence-corrected chi connectivity index (χ0v) is 16.1. The standard InChI is InChI=1S/C23H21N3O3/c1-2-3-13-24-20-11-10-18(26(27)28)15-19(20)23-25-21-14-17(9-12-22(21)29-23)16-7-5-4-6-8-16/h4-12,14-15,24H,2-3,13H2,1H3. The number of nitro groups is 1. The SMILES string of the molecule is CCCCNc1ccc([N+](=O)[O-])cc1-c1nc2cc(-c3ccccc3)ccc2o1. The van der Waals surface area contributed by atoms with Crippen LogP contribution in [0.15, 0.2) is 71.1 Å². The maximum atomic E-state index is 11.3. The van der Waals surface area contributed by atoms with Gasteiger partial charge >= 0.3 is 0 Å². The molecule has 0 atom stereocenters. The first-order valence-electron chi connectivity index (χ1n) is 9.64. The summed E-state index contributed by atoms with van der Waals surface area (Å²) in [5, 5.41) is 14.6. The van der Waals surface area contributed by atoms with Crippen LogP contribution < -0.4 is 5.32 Å². The molecule has 0 radical (unpaired) electrons. The number of benzene rings is 3. The Morgan fingerprint density at radius 1 is 1.03 bits per heavy atom. The number of hydrogen-bond donors (Lipinski definition) is 1. The molecule has 0 saturated heterocycles. The molecule has 3 aromatic carbocycles. The van der Waals surface area contributed by atoms with Crippen LogP contribution in [0.4, 0.5) is 11.4 Å². The third kappa shape index (κ3) is 3.96. The molecule has 0 bridgehead atoms. The van der Waals surface area contributed by atoms with Crippen molar-refractivity contribution < 1.29 is 9.34 Å². The summed E-state index contributed by atoms with van der Waals surface area (Å²) >= 11 is 0. The molecule has 0 aliphatic heterocycles. The van der Waals surface area contributed by atoms with Gasteiger partial charge in [0.25, 0.3) is 5.69 Å². The maximum Gasteiger partial charge on any atom is 0.270 e. The van der Waals surface area contributed by atoms with E-state index in [1.807, 2.05) is 48.5 Å². The van der Waals surface area contributed by atoms with Gasteiger partial charge in [0.05, 0.1) is 10.5 Å². The average molecular weight is 387 g/mol. The first kappa shape index (κ1) is 18.7. The van der Waals surface area contributed by atoms with Crippen LogP contribution >= 0.6 is 0 Å². The van der Waals surface area contributed by atoms with Crippen LogP contribution in [0.25, 0.3) is 33.7 Å². The topological polar surface area (TPSA) is 81.2 Å². The molecule has 0 unspecified atom stereocenters. The molecular weight excluding hydrogens is 366 g/mol. The highest BCUT2D eigenvalue weighted by molar-refractivity contribution is 5.84. The Kier molecular flexibility index (Phi) is 5.24.